The van der Waals surface area contributed by atoms with Crippen molar-refractivity contribution in [3.8, 4) is 0 Å². The third-order valence-electron chi connectivity index (χ3n) is 5.74. The summed E-state index contributed by atoms with van der Waals surface area (Å²) in [5.74, 6) is 3.69. The largest absolute Gasteiger partial charge is 0.293 e. The highest BCUT2D eigenvalue weighted by Gasteiger charge is 2.35. The van der Waals surface area contributed by atoms with Crippen molar-refractivity contribution in [2.24, 2.45) is 34.6 Å². The predicted octanol–water partition coefficient (Wildman–Crippen LogP) is 5.43. The summed E-state index contributed by atoms with van der Waals surface area (Å²) in [6, 6.07) is 0. The number of aliphatic imine (C=N–C) groups is 1. The van der Waals surface area contributed by atoms with E-state index in [2.05, 4.69) is 38.2 Å². The summed E-state index contributed by atoms with van der Waals surface area (Å²) >= 11 is 0. The summed E-state index contributed by atoms with van der Waals surface area (Å²) in [6.45, 7) is 5.74. The monoisotopic (exact) mass is 285 g/mol. The zero-order chi connectivity index (χ0) is 14.7. The number of hydrogen-bond acceptors (Lipinski definition) is 1. The fourth-order valence-electron chi connectivity index (χ4n) is 4.58. The third kappa shape index (κ3) is 3.49. The van der Waals surface area contributed by atoms with Gasteiger partial charge in [-0.25, -0.2) is 0 Å². The van der Waals surface area contributed by atoms with Crippen LogP contribution < -0.4 is 0 Å². The molecule has 0 saturated heterocycles. The minimum atomic E-state index is 0.619. The van der Waals surface area contributed by atoms with Crippen LogP contribution >= 0.6 is 0 Å². The first-order valence-corrected chi connectivity index (χ1v) is 9.13. The van der Waals surface area contributed by atoms with Gasteiger partial charge in [-0.15, -0.1) is 0 Å². The van der Waals surface area contributed by atoms with Gasteiger partial charge in [0.15, 0.2) is 0 Å². The number of nitrogens with zero attached hydrogens (tertiary/aromatic N) is 1. The Balaban J connectivity index is 1.77. The maximum atomic E-state index is 5.09. The highest BCUT2D eigenvalue weighted by atomic mass is 14.8. The smallest absolute Gasteiger partial charge is 0.0423 e. The molecule has 3 rings (SSSR count). The van der Waals surface area contributed by atoms with Gasteiger partial charge in [-0.3, -0.25) is 4.99 Å². The lowest BCUT2D eigenvalue weighted by Crippen LogP contribution is -2.36. The lowest BCUT2D eigenvalue weighted by Gasteiger charge is -2.38. The van der Waals surface area contributed by atoms with E-state index in [1.165, 1.54) is 50.7 Å². The second-order valence-electron chi connectivity index (χ2n) is 7.57. The summed E-state index contributed by atoms with van der Waals surface area (Å²) < 4.78 is 0. The fourth-order valence-corrected chi connectivity index (χ4v) is 4.58. The molecule has 2 aliphatic carbocycles. The number of rotatable bonds is 3. The van der Waals surface area contributed by atoms with Gasteiger partial charge in [-0.2, -0.15) is 0 Å². The van der Waals surface area contributed by atoms with E-state index in [1.54, 1.807) is 0 Å². The van der Waals surface area contributed by atoms with Crippen LogP contribution in [0.1, 0.15) is 58.8 Å². The normalized spacial score (nSPS) is 36.8. The number of allylic oxidation sites excluding steroid dienone is 4. The second-order valence-corrected chi connectivity index (χ2v) is 7.57. The Morgan fingerprint density at radius 1 is 1.00 bits per heavy atom. The van der Waals surface area contributed by atoms with Crippen LogP contribution in [0.3, 0.4) is 0 Å². The summed E-state index contributed by atoms with van der Waals surface area (Å²) in [7, 11) is 0. The van der Waals surface area contributed by atoms with Crippen LogP contribution in [0, 0.1) is 29.6 Å². The molecule has 0 N–H and O–H groups in total. The van der Waals surface area contributed by atoms with Crippen molar-refractivity contribution in [3.63, 3.8) is 0 Å². The Morgan fingerprint density at radius 2 is 1.67 bits per heavy atom. The predicted molar refractivity (Wildman–Crippen MR) is 91.7 cm³/mol. The average Bonchev–Trinajstić information content (AvgIpc) is 2.56. The van der Waals surface area contributed by atoms with Gasteiger partial charge in [0, 0.05) is 18.2 Å². The first kappa shape index (κ1) is 15.1. The second kappa shape index (κ2) is 6.94. The summed E-state index contributed by atoms with van der Waals surface area (Å²) in [5, 5.41) is 0. The summed E-state index contributed by atoms with van der Waals surface area (Å²) in [5.41, 5.74) is 1.52. The Hall–Kier alpha value is -0.850. The van der Waals surface area contributed by atoms with E-state index in [-0.39, 0.29) is 0 Å². The van der Waals surface area contributed by atoms with Crippen LogP contribution in [0.25, 0.3) is 0 Å². The van der Waals surface area contributed by atoms with Crippen LogP contribution in [0.5, 0.6) is 0 Å². The molecule has 0 aromatic heterocycles. The van der Waals surface area contributed by atoms with E-state index in [0.29, 0.717) is 5.92 Å². The Morgan fingerprint density at radius 3 is 2.24 bits per heavy atom. The van der Waals surface area contributed by atoms with Crippen molar-refractivity contribution in [2.45, 2.75) is 58.8 Å². The zero-order valence-electron chi connectivity index (χ0n) is 13.8. The number of hydrogen-bond donors (Lipinski definition) is 0. The van der Waals surface area contributed by atoms with Crippen molar-refractivity contribution >= 4 is 5.71 Å². The highest BCUT2D eigenvalue weighted by molar-refractivity contribution is 5.89. The van der Waals surface area contributed by atoms with Crippen molar-refractivity contribution in [3.05, 3.63) is 24.3 Å². The fraction of sp³-hybridized carbons (Fsp3) is 0.750. The van der Waals surface area contributed by atoms with Gasteiger partial charge in [0.1, 0.15) is 0 Å². The standard InChI is InChI=1S/C20H31N/c1-15(2)20-19(17-11-7-4-8-12-17)13-18(14-21-20)16-9-5-3-6-10-16/h5,7,9,11,15-19H,3-4,6,8,10,12-14H2,1-2H3. The van der Waals surface area contributed by atoms with Gasteiger partial charge < -0.3 is 0 Å². The SMILES string of the molecule is CC(C)C1=NCC(C2C=CCCC2)CC1C1C=CCCC1. The molecule has 1 aliphatic heterocycles. The van der Waals surface area contributed by atoms with Crippen molar-refractivity contribution in [2.75, 3.05) is 6.54 Å². The van der Waals surface area contributed by atoms with Gasteiger partial charge in [0.05, 0.1) is 0 Å². The highest BCUT2D eigenvalue weighted by Crippen LogP contribution is 2.39. The van der Waals surface area contributed by atoms with E-state index in [9.17, 15) is 0 Å². The van der Waals surface area contributed by atoms with Crippen LogP contribution in [-0.4, -0.2) is 12.3 Å². The topological polar surface area (TPSA) is 12.4 Å². The lowest BCUT2D eigenvalue weighted by atomic mass is 9.69. The quantitative estimate of drug-likeness (QED) is 0.613. The molecule has 0 aromatic carbocycles. The molecule has 1 heterocycles. The molecule has 0 fully saturated rings. The minimum Gasteiger partial charge on any atom is -0.293 e. The van der Waals surface area contributed by atoms with Crippen molar-refractivity contribution in [1.29, 1.82) is 0 Å². The molecule has 21 heavy (non-hydrogen) atoms. The molecule has 1 heteroatoms. The maximum Gasteiger partial charge on any atom is 0.0423 e. The van der Waals surface area contributed by atoms with E-state index in [4.69, 9.17) is 4.99 Å². The Kier molecular flexibility index (Phi) is 4.98. The summed E-state index contributed by atoms with van der Waals surface area (Å²) in [6.07, 6.45) is 19.3. The first-order valence-electron chi connectivity index (χ1n) is 9.13. The molecule has 0 saturated carbocycles. The van der Waals surface area contributed by atoms with Crippen LogP contribution in [-0.2, 0) is 0 Å². The van der Waals surface area contributed by atoms with Crippen LogP contribution in [0.2, 0.25) is 0 Å². The van der Waals surface area contributed by atoms with E-state index in [1.807, 2.05) is 0 Å². The van der Waals surface area contributed by atoms with E-state index >= 15 is 0 Å². The maximum absolute atomic E-state index is 5.09. The third-order valence-corrected chi connectivity index (χ3v) is 5.74. The Labute approximate surface area is 130 Å². The van der Waals surface area contributed by atoms with Gasteiger partial charge in [-0.05, 0) is 68.6 Å². The van der Waals surface area contributed by atoms with E-state index < -0.39 is 0 Å². The molecular formula is C20H31N. The molecule has 4 unspecified atom stereocenters. The van der Waals surface area contributed by atoms with Crippen LogP contribution in [0.15, 0.2) is 29.3 Å². The van der Waals surface area contributed by atoms with Gasteiger partial charge >= 0.3 is 0 Å². The Bertz CT molecular complexity index is 429. The minimum absolute atomic E-state index is 0.619. The molecule has 4 atom stereocenters. The molecule has 116 valence electrons. The molecule has 0 aromatic rings. The van der Waals surface area contributed by atoms with E-state index in [0.717, 1.165) is 30.2 Å². The summed E-state index contributed by atoms with van der Waals surface area (Å²) in [4.78, 5) is 5.09. The van der Waals surface area contributed by atoms with Gasteiger partial charge in [0.2, 0.25) is 0 Å². The molecule has 3 aliphatic rings. The molecule has 1 nitrogen and oxygen atoms in total. The first-order chi connectivity index (χ1) is 10.3. The zero-order valence-corrected chi connectivity index (χ0v) is 13.8. The lowest BCUT2D eigenvalue weighted by molar-refractivity contribution is 0.268. The van der Waals surface area contributed by atoms with Crippen molar-refractivity contribution in [1.82, 2.24) is 0 Å². The molecule has 0 radical (unpaired) electrons. The van der Waals surface area contributed by atoms with Gasteiger partial charge in [0.25, 0.3) is 0 Å². The van der Waals surface area contributed by atoms with Crippen molar-refractivity contribution < 1.29 is 0 Å². The molecule has 0 spiro atoms. The molecular weight excluding hydrogens is 254 g/mol. The van der Waals surface area contributed by atoms with Gasteiger partial charge in [-0.1, -0.05) is 38.2 Å². The van der Waals surface area contributed by atoms with Crippen LogP contribution in [0.4, 0.5) is 0 Å². The average molecular weight is 285 g/mol. The molecule has 0 bridgehead atoms. The molecule has 0 amide bonds.